The molecule has 0 aliphatic carbocycles. The van der Waals surface area contributed by atoms with Gasteiger partial charge in [-0.25, -0.2) is 0 Å². The summed E-state index contributed by atoms with van der Waals surface area (Å²) in [6.07, 6.45) is 1.75. The molecule has 0 amide bonds. The molecule has 0 atom stereocenters. The largest absolute Gasteiger partial charge is 1.00 e. The fourth-order valence-electron chi connectivity index (χ4n) is 1.42. The van der Waals surface area contributed by atoms with Gasteiger partial charge in [-0.2, -0.15) is 0 Å². The van der Waals surface area contributed by atoms with Crippen LogP contribution in [0.1, 0.15) is 0 Å². The summed E-state index contributed by atoms with van der Waals surface area (Å²) in [5.41, 5.74) is 0.923. The molecule has 66 valence electrons. The van der Waals surface area contributed by atoms with E-state index in [1.165, 1.54) is 0 Å². The number of rotatable bonds is 2. The van der Waals surface area contributed by atoms with Crippen molar-refractivity contribution < 1.29 is 61.3 Å². The first-order chi connectivity index (χ1) is 6.27. The van der Waals surface area contributed by atoms with Gasteiger partial charge in [-0.3, -0.25) is 0 Å². The molecule has 1 heterocycles. The van der Waals surface area contributed by atoms with Crippen LogP contribution in [-0.2, 0) is 11.3 Å². The van der Waals surface area contributed by atoms with Crippen molar-refractivity contribution in [2.24, 2.45) is 0 Å². The normalized spacial score (nSPS) is 9.71. The van der Waals surface area contributed by atoms with Gasteiger partial charge in [0.2, 0.25) is 0 Å². The van der Waals surface area contributed by atoms with Crippen molar-refractivity contribution in [1.29, 1.82) is 0 Å². The number of carbonyl (C=O) groups excluding carboxylic acids is 1. The molecule has 0 spiro atoms. The number of nitrogens with zero attached hydrogens (tertiary/aromatic N) is 1. The predicted molar refractivity (Wildman–Crippen MR) is 46.9 cm³/mol. The maximum Gasteiger partial charge on any atom is 1.00 e. The molecule has 14 heavy (non-hydrogen) atoms. The van der Waals surface area contributed by atoms with Crippen molar-refractivity contribution in [3.05, 3.63) is 36.5 Å². The van der Waals surface area contributed by atoms with Gasteiger partial charge in [0, 0.05) is 11.7 Å². The smallest absolute Gasteiger partial charge is 0.548 e. The minimum atomic E-state index is -1.07. The third kappa shape index (κ3) is 2.46. The van der Waals surface area contributed by atoms with Gasteiger partial charge in [0.1, 0.15) is 0 Å². The second-order valence-electron chi connectivity index (χ2n) is 2.87. The van der Waals surface area contributed by atoms with E-state index in [-0.39, 0.29) is 57.9 Å². The van der Waals surface area contributed by atoms with Gasteiger partial charge in [-0.05, 0) is 17.5 Å². The molecule has 2 rings (SSSR count). The Morgan fingerprint density at radius 3 is 2.71 bits per heavy atom. The van der Waals surface area contributed by atoms with Crippen molar-refractivity contribution in [3.8, 4) is 0 Å². The summed E-state index contributed by atoms with van der Waals surface area (Å²) in [4.78, 5) is 10.4. The molecule has 4 heteroatoms. The summed E-state index contributed by atoms with van der Waals surface area (Å²) in [7, 11) is 0. The molecule has 1 aromatic heterocycles. The summed E-state index contributed by atoms with van der Waals surface area (Å²) < 4.78 is 1.66. The van der Waals surface area contributed by atoms with E-state index < -0.39 is 5.97 Å². The molecule has 0 N–H and O–H groups in total. The zero-order valence-corrected chi connectivity index (χ0v) is 11.1. The van der Waals surface area contributed by atoms with Crippen molar-refractivity contribution in [1.82, 2.24) is 4.57 Å². The fraction of sp³-hybridized carbons (Fsp3) is 0.100. The van der Waals surface area contributed by atoms with Crippen LogP contribution in [-0.4, -0.2) is 10.5 Å². The Labute approximate surface area is 124 Å². The molecule has 0 aliphatic heterocycles. The van der Waals surface area contributed by atoms with Crippen molar-refractivity contribution in [3.63, 3.8) is 0 Å². The number of hydrogen-bond donors (Lipinski definition) is 0. The van der Waals surface area contributed by atoms with Crippen LogP contribution in [0.15, 0.2) is 36.5 Å². The minimum absolute atomic E-state index is 0. The second kappa shape index (κ2) is 5.09. The molecule has 1 aromatic carbocycles. The van der Waals surface area contributed by atoms with Gasteiger partial charge >= 0.3 is 51.4 Å². The van der Waals surface area contributed by atoms with Crippen LogP contribution in [0.2, 0.25) is 0 Å². The Morgan fingerprint density at radius 2 is 2.00 bits per heavy atom. The number of benzene rings is 1. The number of para-hydroxylation sites is 1. The predicted octanol–water partition coefficient (Wildman–Crippen LogP) is -2.60. The number of carbonyl (C=O) groups is 1. The van der Waals surface area contributed by atoms with Crippen LogP contribution in [0.25, 0.3) is 10.9 Å². The van der Waals surface area contributed by atoms with Gasteiger partial charge in [0.15, 0.2) is 0 Å². The van der Waals surface area contributed by atoms with E-state index in [4.69, 9.17) is 0 Å². The monoisotopic (exact) mass is 213 g/mol. The number of carboxylic acids is 1. The van der Waals surface area contributed by atoms with E-state index in [1.807, 2.05) is 30.3 Å². The van der Waals surface area contributed by atoms with Gasteiger partial charge in [-0.1, -0.05) is 18.2 Å². The maximum absolute atomic E-state index is 10.4. The van der Waals surface area contributed by atoms with Crippen LogP contribution in [0.4, 0.5) is 0 Å². The first-order valence-corrected chi connectivity index (χ1v) is 4.01. The van der Waals surface area contributed by atoms with Crippen LogP contribution in [0, 0.1) is 0 Å². The summed E-state index contributed by atoms with van der Waals surface area (Å²) >= 11 is 0. The van der Waals surface area contributed by atoms with E-state index in [9.17, 15) is 9.90 Å². The molecule has 0 bridgehead atoms. The van der Waals surface area contributed by atoms with Crippen molar-refractivity contribution in [2.75, 3.05) is 0 Å². The number of hydrogen-bond acceptors (Lipinski definition) is 2. The zero-order valence-electron chi connectivity index (χ0n) is 7.93. The number of carboxylic acid groups (broad SMARTS) is 1. The molecule has 3 nitrogen and oxygen atoms in total. The first-order valence-electron chi connectivity index (χ1n) is 4.01. The average molecular weight is 213 g/mol. The number of aliphatic carboxylic acids is 1. The Bertz CT molecular complexity index is 450. The van der Waals surface area contributed by atoms with Crippen LogP contribution in [0.5, 0.6) is 0 Å². The molecule has 0 fully saturated rings. The van der Waals surface area contributed by atoms with Gasteiger partial charge in [-0.15, -0.1) is 0 Å². The molecule has 0 aliphatic rings. The average Bonchev–Trinajstić information content (AvgIpc) is 2.48. The quantitative estimate of drug-likeness (QED) is 0.513. The van der Waals surface area contributed by atoms with Crippen LogP contribution < -0.4 is 56.5 Å². The summed E-state index contributed by atoms with van der Waals surface area (Å²) in [5, 5.41) is 11.4. The molecule has 0 saturated carbocycles. The summed E-state index contributed by atoms with van der Waals surface area (Å²) in [6, 6.07) is 9.53. The Kier molecular flexibility index (Phi) is 4.34. The topological polar surface area (TPSA) is 45.1 Å². The second-order valence-corrected chi connectivity index (χ2v) is 2.87. The summed E-state index contributed by atoms with van der Waals surface area (Å²) in [6.45, 7) is -0.0898. The molecule has 2 aromatic rings. The van der Waals surface area contributed by atoms with Gasteiger partial charge < -0.3 is 14.5 Å². The number of fused-ring (bicyclic) bond motifs is 1. The molecule has 0 unspecified atom stereocenters. The zero-order chi connectivity index (χ0) is 9.26. The first kappa shape index (κ1) is 11.9. The minimum Gasteiger partial charge on any atom is -0.548 e. The Balaban J connectivity index is 0.000000980. The van der Waals surface area contributed by atoms with Crippen LogP contribution >= 0.6 is 0 Å². The van der Waals surface area contributed by atoms with Crippen molar-refractivity contribution >= 4 is 16.9 Å². The SMILES string of the molecule is O=C([O-])Cn1ccc2ccccc21.[K+]. The maximum atomic E-state index is 10.4. The van der Waals surface area contributed by atoms with E-state index >= 15 is 0 Å². The molecule has 0 saturated heterocycles. The third-order valence-corrected chi connectivity index (χ3v) is 1.98. The van der Waals surface area contributed by atoms with Crippen LogP contribution in [0.3, 0.4) is 0 Å². The Morgan fingerprint density at radius 1 is 1.29 bits per heavy atom. The molecular weight excluding hydrogens is 205 g/mol. The van der Waals surface area contributed by atoms with E-state index in [2.05, 4.69) is 0 Å². The van der Waals surface area contributed by atoms with Gasteiger partial charge in [0.25, 0.3) is 0 Å². The van der Waals surface area contributed by atoms with E-state index in [0.717, 1.165) is 10.9 Å². The fourth-order valence-corrected chi connectivity index (χ4v) is 1.42. The Hall–Kier alpha value is -0.134. The molecular formula is C10H8KNO2. The van der Waals surface area contributed by atoms with E-state index in [0.29, 0.717) is 0 Å². The standard InChI is InChI=1S/C10H9NO2.K/c12-10(13)7-11-6-5-8-3-1-2-4-9(8)11;/h1-6H,7H2,(H,12,13);/q;+1/p-1. The molecule has 0 radical (unpaired) electrons. The van der Waals surface area contributed by atoms with Crippen molar-refractivity contribution in [2.45, 2.75) is 6.54 Å². The number of aromatic nitrogens is 1. The summed E-state index contributed by atoms with van der Waals surface area (Å²) in [5.74, 6) is -1.07. The van der Waals surface area contributed by atoms with Gasteiger partial charge in [0.05, 0.1) is 12.5 Å². The van der Waals surface area contributed by atoms with E-state index in [1.54, 1.807) is 10.8 Å². The third-order valence-electron chi connectivity index (χ3n) is 1.98.